The van der Waals surface area contributed by atoms with Crippen molar-refractivity contribution in [2.45, 2.75) is 33.9 Å². The SMILES string of the molecule is CCN(Cc1cc(=O)n2c(C)cccc2n1)Cc1nc(C)no1. The smallest absolute Gasteiger partial charge is 0.258 e. The van der Waals surface area contributed by atoms with Crippen molar-refractivity contribution in [3.8, 4) is 0 Å². The summed E-state index contributed by atoms with van der Waals surface area (Å²) in [5.41, 5.74) is 2.21. The van der Waals surface area contributed by atoms with Gasteiger partial charge in [0.2, 0.25) is 5.89 Å². The van der Waals surface area contributed by atoms with E-state index in [-0.39, 0.29) is 5.56 Å². The summed E-state index contributed by atoms with van der Waals surface area (Å²) in [6, 6.07) is 7.23. The molecule has 3 aromatic heterocycles. The summed E-state index contributed by atoms with van der Waals surface area (Å²) in [6.45, 7) is 7.60. The largest absolute Gasteiger partial charge is 0.338 e. The van der Waals surface area contributed by atoms with Gasteiger partial charge in [0.25, 0.3) is 5.56 Å². The molecule has 23 heavy (non-hydrogen) atoms. The van der Waals surface area contributed by atoms with Gasteiger partial charge < -0.3 is 4.52 Å². The predicted molar refractivity (Wildman–Crippen MR) is 85.0 cm³/mol. The van der Waals surface area contributed by atoms with Gasteiger partial charge in [0.15, 0.2) is 5.82 Å². The topological polar surface area (TPSA) is 76.5 Å². The zero-order valence-corrected chi connectivity index (χ0v) is 13.5. The van der Waals surface area contributed by atoms with Gasteiger partial charge in [-0.25, -0.2) is 4.98 Å². The second-order valence-electron chi connectivity index (χ2n) is 5.49. The highest BCUT2D eigenvalue weighted by Gasteiger charge is 2.12. The Hall–Kier alpha value is -2.54. The minimum Gasteiger partial charge on any atom is -0.338 e. The maximum absolute atomic E-state index is 12.3. The van der Waals surface area contributed by atoms with Crippen molar-refractivity contribution in [2.75, 3.05) is 6.54 Å². The second kappa shape index (κ2) is 6.29. The van der Waals surface area contributed by atoms with E-state index >= 15 is 0 Å². The minimum atomic E-state index is -0.0622. The standard InChI is InChI=1S/C16H19N5O2/c1-4-20(10-15-17-12(3)19-23-15)9-13-8-16(22)21-11(2)6-5-7-14(21)18-13/h5-8H,4,9-10H2,1-3H3. The molecule has 0 fully saturated rings. The third-order valence-electron chi connectivity index (χ3n) is 3.69. The molecule has 120 valence electrons. The molecule has 7 heteroatoms. The number of rotatable bonds is 5. The van der Waals surface area contributed by atoms with Gasteiger partial charge in [-0.1, -0.05) is 18.1 Å². The maximum atomic E-state index is 12.3. The lowest BCUT2D eigenvalue weighted by molar-refractivity contribution is 0.226. The van der Waals surface area contributed by atoms with Crippen LogP contribution in [0.25, 0.3) is 5.65 Å². The van der Waals surface area contributed by atoms with E-state index in [4.69, 9.17) is 4.52 Å². The summed E-state index contributed by atoms with van der Waals surface area (Å²) in [5, 5.41) is 3.79. The highest BCUT2D eigenvalue weighted by molar-refractivity contribution is 5.40. The molecule has 0 spiro atoms. The molecule has 7 nitrogen and oxygen atoms in total. The summed E-state index contributed by atoms with van der Waals surface area (Å²) in [4.78, 5) is 23.2. The molecular formula is C16H19N5O2. The van der Waals surface area contributed by atoms with Gasteiger partial charge in [0.05, 0.1) is 12.2 Å². The lowest BCUT2D eigenvalue weighted by Gasteiger charge is -2.17. The van der Waals surface area contributed by atoms with Crippen LogP contribution in [0.1, 0.15) is 30.0 Å². The first-order chi connectivity index (χ1) is 11.1. The van der Waals surface area contributed by atoms with E-state index in [9.17, 15) is 4.79 Å². The van der Waals surface area contributed by atoms with Crippen LogP contribution in [0.15, 0.2) is 33.6 Å². The number of aryl methyl sites for hydroxylation is 2. The zero-order valence-electron chi connectivity index (χ0n) is 13.5. The van der Waals surface area contributed by atoms with E-state index in [1.165, 1.54) is 0 Å². The number of pyridine rings is 1. The summed E-state index contributed by atoms with van der Waals surface area (Å²) < 4.78 is 6.77. The van der Waals surface area contributed by atoms with Crippen molar-refractivity contribution < 1.29 is 4.52 Å². The number of fused-ring (bicyclic) bond motifs is 1. The van der Waals surface area contributed by atoms with E-state index in [1.807, 2.05) is 32.0 Å². The van der Waals surface area contributed by atoms with Crippen LogP contribution < -0.4 is 5.56 Å². The Morgan fingerprint density at radius 3 is 2.74 bits per heavy atom. The van der Waals surface area contributed by atoms with Crippen molar-refractivity contribution in [1.82, 2.24) is 24.4 Å². The third-order valence-corrected chi connectivity index (χ3v) is 3.69. The molecule has 0 aliphatic rings. The molecule has 3 heterocycles. The fourth-order valence-electron chi connectivity index (χ4n) is 2.55. The first kappa shape index (κ1) is 15.4. The van der Waals surface area contributed by atoms with Gasteiger partial charge in [0.1, 0.15) is 5.65 Å². The van der Waals surface area contributed by atoms with Crippen molar-refractivity contribution in [3.63, 3.8) is 0 Å². The van der Waals surface area contributed by atoms with E-state index < -0.39 is 0 Å². The predicted octanol–water partition coefficient (Wildman–Crippen LogP) is 1.72. The van der Waals surface area contributed by atoms with Gasteiger partial charge in [0, 0.05) is 18.3 Å². The quantitative estimate of drug-likeness (QED) is 0.714. The van der Waals surface area contributed by atoms with Crippen LogP contribution in [0.3, 0.4) is 0 Å². The minimum absolute atomic E-state index is 0.0622. The number of aromatic nitrogens is 4. The van der Waals surface area contributed by atoms with Gasteiger partial charge in [-0.2, -0.15) is 4.98 Å². The maximum Gasteiger partial charge on any atom is 0.258 e. The molecule has 0 unspecified atom stereocenters. The molecule has 3 rings (SSSR count). The molecule has 0 amide bonds. The Bertz CT molecular complexity index is 884. The molecular weight excluding hydrogens is 294 g/mol. The molecule has 0 radical (unpaired) electrons. The Balaban J connectivity index is 1.86. The van der Waals surface area contributed by atoms with Crippen LogP contribution in [-0.2, 0) is 13.1 Å². The van der Waals surface area contributed by atoms with E-state index in [0.717, 1.165) is 17.9 Å². The molecule has 0 aliphatic heterocycles. The molecule has 0 N–H and O–H groups in total. The van der Waals surface area contributed by atoms with Crippen LogP contribution in [0.5, 0.6) is 0 Å². The Morgan fingerprint density at radius 2 is 2.04 bits per heavy atom. The molecule has 3 aromatic rings. The lowest BCUT2D eigenvalue weighted by Crippen LogP contribution is -2.25. The zero-order chi connectivity index (χ0) is 16.4. The van der Waals surface area contributed by atoms with Crippen LogP contribution in [0.2, 0.25) is 0 Å². The van der Waals surface area contributed by atoms with Crippen molar-refractivity contribution in [1.29, 1.82) is 0 Å². The van der Waals surface area contributed by atoms with E-state index in [0.29, 0.717) is 30.5 Å². The average molecular weight is 313 g/mol. The van der Waals surface area contributed by atoms with Gasteiger partial charge in [-0.15, -0.1) is 0 Å². The molecule has 0 bridgehead atoms. The summed E-state index contributed by atoms with van der Waals surface area (Å²) in [7, 11) is 0. The van der Waals surface area contributed by atoms with Crippen molar-refractivity contribution >= 4 is 5.65 Å². The van der Waals surface area contributed by atoms with Gasteiger partial charge >= 0.3 is 0 Å². The van der Waals surface area contributed by atoms with Crippen LogP contribution >= 0.6 is 0 Å². The van der Waals surface area contributed by atoms with E-state index in [1.54, 1.807) is 17.4 Å². The van der Waals surface area contributed by atoms with Crippen LogP contribution in [-0.4, -0.2) is 31.0 Å². The van der Waals surface area contributed by atoms with Crippen LogP contribution in [0.4, 0.5) is 0 Å². The Labute approximate surface area is 133 Å². The Kier molecular flexibility index (Phi) is 4.20. The highest BCUT2D eigenvalue weighted by Crippen LogP contribution is 2.08. The number of hydrogen-bond acceptors (Lipinski definition) is 6. The van der Waals surface area contributed by atoms with Gasteiger partial charge in [-0.3, -0.25) is 14.1 Å². The third kappa shape index (κ3) is 3.29. The summed E-state index contributed by atoms with van der Waals surface area (Å²) in [5.74, 6) is 1.19. The lowest BCUT2D eigenvalue weighted by atomic mass is 10.3. The first-order valence-corrected chi connectivity index (χ1v) is 7.56. The molecule has 0 atom stereocenters. The van der Waals surface area contributed by atoms with E-state index in [2.05, 4.69) is 20.0 Å². The summed E-state index contributed by atoms with van der Waals surface area (Å²) >= 11 is 0. The molecule has 0 aromatic carbocycles. The van der Waals surface area contributed by atoms with Gasteiger partial charge in [-0.05, 0) is 32.5 Å². The highest BCUT2D eigenvalue weighted by atomic mass is 16.5. The average Bonchev–Trinajstić information content (AvgIpc) is 2.91. The summed E-state index contributed by atoms with van der Waals surface area (Å²) in [6.07, 6.45) is 0. The van der Waals surface area contributed by atoms with Crippen molar-refractivity contribution in [2.24, 2.45) is 0 Å². The molecule has 0 saturated carbocycles. The fourth-order valence-corrected chi connectivity index (χ4v) is 2.55. The van der Waals surface area contributed by atoms with Crippen LogP contribution in [0, 0.1) is 13.8 Å². The monoisotopic (exact) mass is 313 g/mol. The van der Waals surface area contributed by atoms with Crippen molar-refractivity contribution in [3.05, 3.63) is 57.7 Å². The normalized spacial score (nSPS) is 11.5. The second-order valence-corrected chi connectivity index (χ2v) is 5.49. The Morgan fingerprint density at radius 1 is 1.22 bits per heavy atom. The molecule has 0 aliphatic carbocycles. The number of nitrogens with zero attached hydrogens (tertiary/aromatic N) is 5. The first-order valence-electron chi connectivity index (χ1n) is 7.56. The fraction of sp³-hybridized carbons (Fsp3) is 0.375. The molecule has 0 saturated heterocycles. The number of hydrogen-bond donors (Lipinski definition) is 0.